The molecule has 26 heavy (non-hydrogen) atoms. The Kier molecular flexibility index (Phi) is 5.56. The van der Waals surface area contributed by atoms with Gasteiger partial charge in [-0.3, -0.25) is 14.9 Å². The molecule has 0 aliphatic carbocycles. The lowest BCUT2D eigenvalue weighted by molar-refractivity contribution is -0.389. The van der Waals surface area contributed by atoms with Gasteiger partial charge < -0.3 is 9.72 Å². The van der Waals surface area contributed by atoms with Gasteiger partial charge in [0.1, 0.15) is 5.56 Å². The van der Waals surface area contributed by atoms with E-state index >= 15 is 0 Å². The van der Waals surface area contributed by atoms with Crippen LogP contribution >= 0.6 is 0 Å². The van der Waals surface area contributed by atoms with Crippen LogP contribution in [0.4, 0.5) is 5.69 Å². The van der Waals surface area contributed by atoms with E-state index in [-0.39, 0.29) is 17.2 Å². The summed E-state index contributed by atoms with van der Waals surface area (Å²) in [4.78, 5) is 35.6. The van der Waals surface area contributed by atoms with Gasteiger partial charge in [-0.25, -0.2) is 13.2 Å². The van der Waals surface area contributed by atoms with E-state index in [2.05, 4.69) is 4.98 Å². The number of aromatic nitrogens is 1. The molecule has 2 rings (SSSR count). The number of nitrogens with one attached hydrogen (secondary N) is 1. The van der Waals surface area contributed by atoms with Gasteiger partial charge in [0.05, 0.1) is 16.4 Å². The lowest BCUT2D eigenvalue weighted by Gasteiger charge is -2.12. The van der Waals surface area contributed by atoms with Gasteiger partial charge in [-0.1, -0.05) is 25.1 Å². The van der Waals surface area contributed by atoms with Crippen molar-refractivity contribution in [1.29, 1.82) is 0 Å². The van der Waals surface area contributed by atoms with Gasteiger partial charge in [0.15, 0.2) is 4.90 Å². The number of ether oxygens (including phenoxy) is 1. The Morgan fingerprint density at radius 2 is 1.88 bits per heavy atom. The number of nitro groups is 1. The molecule has 1 aromatic carbocycles. The highest BCUT2D eigenvalue weighted by molar-refractivity contribution is 7.91. The Hall–Kier alpha value is -3.01. The molecule has 0 bridgehead atoms. The van der Waals surface area contributed by atoms with Gasteiger partial charge in [0, 0.05) is 5.69 Å². The van der Waals surface area contributed by atoms with Crippen LogP contribution in [0.3, 0.4) is 0 Å². The van der Waals surface area contributed by atoms with E-state index in [4.69, 9.17) is 4.74 Å². The van der Waals surface area contributed by atoms with Crippen molar-refractivity contribution in [2.45, 2.75) is 30.1 Å². The van der Waals surface area contributed by atoms with Crippen molar-refractivity contribution in [3.63, 3.8) is 0 Å². The van der Waals surface area contributed by atoms with Gasteiger partial charge in [-0.05, 0) is 25.5 Å². The molecule has 2 aromatic rings. The number of rotatable bonds is 6. The molecule has 0 aliphatic rings. The van der Waals surface area contributed by atoms with Crippen molar-refractivity contribution >= 4 is 21.5 Å². The van der Waals surface area contributed by atoms with Crippen LogP contribution in [0.2, 0.25) is 0 Å². The third-order valence-corrected chi connectivity index (χ3v) is 5.31. The second-order valence-electron chi connectivity index (χ2n) is 5.34. The first kappa shape index (κ1) is 19.3. The van der Waals surface area contributed by atoms with Crippen LogP contribution < -0.4 is 5.56 Å². The van der Waals surface area contributed by atoms with Gasteiger partial charge in [0.2, 0.25) is 9.84 Å². The monoisotopic (exact) mass is 380 g/mol. The number of benzene rings is 1. The zero-order chi connectivity index (χ0) is 19.5. The minimum atomic E-state index is -4.52. The summed E-state index contributed by atoms with van der Waals surface area (Å²) < 4.78 is 31.0. The predicted molar refractivity (Wildman–Crippen MR) is 90.9 cm³/mol. The topological polar surface area (TPSA) is 136 Å². The second kappa shape index (κ2) is 7.48. The molecule has 1 aromatic heterocycles. The maximum absolute atomic E-state index is 13.0. The molecule has 0 radical (unpaired) electrons. The fourth-order valence-electron chi connectivity index (χ4n) is 2.34. The zero-order valence-electron chi connectivity index (χ0n) is 14.0. The number of aryl methyl sites for hydroxylation is 1. The average Bonchev–Trinajstić information content (AvgIpc) is 2.59. The van der Waals surface area contributed by atoms with Gasteiger partial charge in [-0.15, -0.1) is 0 Å². The normalized spacial score (nSPS) is 11.2. The van der Waals surface area contributed by atoms with Crippen LogP contribution in [-0.4, -0.2) is 30.9 Å². The molecule has 10 heteroatoms. The smallest absolute Gasteiger partial charge is 0.353 e. The summed E-state index contributed by atoms with van der Waals surface area (Å²) in [5.41, 5.74) is -3.11. The fourth-order valence-corrected chi connectivity index (χ4v) is 4.02. The standard InChI is InChI=1S/C16H16N2O7S/c1-3-9-25-16(20)12-10(2)17-15(19)13(18(21)22)14(12)26(23,24)11-7-5-4-6-8-11/h4-8H,3,9H2,1-2H3,(H,17,19). The summed E-state index contributed by atoms with van der Waals surface area (Å²) in [6, 6.07) is 6.85. The van der Waals surface area contributed by atoms with E-state index in [1.54, 1.807) is 13.0 Å². The molecule has 0 fully saturated rings. The number of carbonyl (C=O) groups is 1. The van der Waals surface area contributed by atoms with Crippen LogP contribution in [0.1, 0.15) is 29.4 Å². The van der Waals surface area contributed by atoms with Gasteiger partial charge >= 0.3 is 17.2 Å². The number of aromatic amines is 1. The Bertz CT molecular complexity index is 1010. The predicted octanol–water partition coefficient (Wildman–Crippen LogP) is 1.99. The third kappa shape index (κ3) is 3.49. The molecule has 9 nitrogen and oxygen atoms in total. The molecule has 0 saturated carbocycles. The number of hydrogen-bond donors (Lipinski definition) is 1. The zero-order valence-corrected chi connectivity index (χ0v) is 14.8. The van der Waals surface area contributed by atoms with Crippen molar-refractivity contribution < 1.29 is 22.9 Å². The van der Waals surface area contributed by atoms with Crippen LogP contribution in [0.25, 0.3) is 0 Å². The third-order valence-electron chi connectivity index (χ3n) is 3.48. The quantitative estimate of drug-likeness (QED) is 0.459. The lowest BCUT2D eigenvalue weighted by atomic mass is 10.2. The van der Waals surface area contributed by atoms with E-state index in [0.29, 0.717) is 6.42 Å². The van der Waals surface area contributed by atoms with Crippen molar-refractivity contribution in [1.82, 2.24) is 4.98 Å². The summed E-state index contributed by atoms with van der Waals surface area (Å²) in [5, 5.41) is 11.4. The number of esters is 1. The lowest BCUT2D eigenvalue weighted by Crippen LogP contribution is -2.24. The van der Waals surface area contributed by atoms with E-state index < -0.39 is 42.4 Å². The Labute approximate surface area is 148 Å². The highest BCUT2D eigenvalue weighted by Crippen LogP contribution is 2.31. The molecule has 0 atom stereocenters. The molecule has 138 valence electrons. The molecule has 0 spiro atoms. The summed E-state index contributed by atoms with van der Waals surface area (Å²) in [6.07, 6.45) is 0.469. The van der Waals surface area contributed by atoms with E-state index in [0.717, 1.165) is 0 Å². The Balaban J connectivity index is 2.91. The second-order valence-corrected chi connectivity index (χ2v) is 7.23. The number of nitrogens with zero attached hydrogens (tertiary/aromatic N) is 1. The van der Waals surface area contributed by atoms with Crippen LogP contribution in [0.5, 0.6) is 0 Å². The molecule has 0 amide bonds. The number of hydrogen-bond acceptors (Lipinski definition) is 7. The fraction of sp³-hybridized carbons (Fsp3) is 0.250. The van der Waals surface area contributed by atoms with Gasteiger partial charge in [-0.2, -0.15) is 0 Å². The first-order valence-electron chi connectivity index (χ1n) is 7.60. The van der Waals surface area contributed by atoms with E-state index in [9.17, 15) is 28.1 Å². The number of pyridine rings is 1. The summed E-state index contributed by atoms with van der Waals surface area (Å²) in [6.45, 7) is 3.00. The van der Waals surface area contributed by atoms with E-state index in [1.807, 2.05) is 0 Å². The van der Waals surface area contributed by atoms with Gasteiger partial charge in [0.25, 0.3) is 0 Å². The first-order valence-corrected chi connectivity index (χ1v) is 9.08. The first-order chi connectivity index (χ1) is 12.2. The summed E-state index contributed by atoms with van der Waals surface area (Å²) in [5.74, 6) is -1.06. The van der Waals surface area contributed by atoms with Crippen molar-refractivity contribution in [2.24, 2.45) is 0 Å². The Morgan fingerprint density at radius 3 is 2.42 bits per heavy atom. The average molecular weight is 380 g/mol. The molecular weight excluding hydrogens is 364 g/mol. The van der Waals surface area contributed by atoms with Crippen LogP contribution in [0.15, 0.2) is 44.9 Å². The number of H-pyrrole nitrogens is 1. The number of carbonyl (C=O) groups excluding carboxylic acids is 1. The highest BCUT2D eigenvalue weighted by atomic mass is 32.2. The van der Waals surface area contributed by atoms with Crippen molar-refractivity contribution in [3.05, 3.63) is 62.1 Å². The largest absolute Gasteiger partial charge is 0.462 e. The SMILES string of the molecule is CCCOC(=O)c1c(C)[nH]c(=O)c([N+](=O)[O-])c1S(=O)(=O)c1ccccc1. The molecule has 0 unspecified atom stereocenters. The van der Waals surface area contributed by atoms with Crippen LogP contribution in [-0.2, 0) is 14.6 Å². The Morgan fingerprint density at radius 1 is 1.27 bits per heavy atom. The van der Waals surface area contributed by atoms with E-state index in [1.165, 1.54) is 31.2 Å². The van der Waals surface area contributed by atoms with Crippen LogP contribution in [0, 0.1) is 17.0 Å². The molecular formula is C16H16N2O7S. The summed E-state index contributed by atoms with van der Waals surface area (Å²) in [7, 11) is -4.52. The summed E-state index contributed by atoms with van der Waals surface area (Å²) >= 11 is 0. The minimum Gasteiger partial charge on any atom is -0.462 e. The molecule has 0 aliphatic heterocycles. The maximum atomic E-state index is 13.0. The molecule has 1 N–H and O–H groups in total. The molecule has 1 heterocycles. The minimum absolute atomic E-state index is 0.00395. The van der Waals surface area contributed by atoms with Crippen molar-refractivity contribution in [2.75, 3.05) is 6.61 Å². The van der Waals surface area contributed by atoms with Crippen molar-refractivity contribution in [3.8, 4) is 0 Å². The molecule has 0 saturated heterocycles. The highest BCUT2D eigenvalue weighted by Gasteiger charge is 2.38. The maximum Gasteiger partial charge on any atom is 0.353 e. The number of sulfone groups is 1.